The Morgan fingerprint density at radius 3 is 2.18 bits per heavy atom. The van der Waals surface area contributed by atoms with Crippen molar-refractivity contribution in [2.45, 2.75) is 23.1 Å². The largest absolute Gasteiger partial charge is 0.497 e. The molecular formula is C17H14Cl3FO. The van der Waals surface area contributed by atoms with Crippen LogP contribution in [-0.4, -0.2) is 11.4 Å². The van der Waals surface area contributed by atoms with Crippen LogP contribution in [-0.2, 0) is 0 Å². The summed E-state index contributed by atoms with van der Waals surface area (Å²) in [5.41, 5.74) is 2.37. The predicted molar refractivity (Wildman–Crippen MR) is 89.1 cm³/mol. The van der Waals surface area contributed by atoms with Crippen LogP contribution in [0.2, 0.25) is 5.02 Å². The fourth-order valence-electron chi connectivity index (χ4n) is 2.90. The van der Waals surface area contributed by atoms with Crippen molar-refractivity contribution in [1.29, 1.82) is 0 Å². The molecule has 0 aliphatic heterocycles. The molecule has 0 bridgehead atoms. The van der Waals surface area contributed by atoms with E-state index < -0.39 is 10.2 Å². The van der Waals surface area contributed by atoms with Gasteiger partial charge in [-0.05, 0) is 41.8 Å². The highest BCUT2D eigenvalue weighted by atomic mass is 35.5. The molecule has 0 N–H and O–H groups in total. The molecule has 0 saturated heterocycles. The summed E-state index contributed by atoms with van der Waals surface area (Å²) in [5, 5.41) is 0.0968. The maximum Gasteiger partial charge on any atom is 0.144 e. The molecule has 22 heavy (non-hydrogen) atoms. The Balaban J connectivity index is 1.95. The number of ether oxygens (including phenoxy) is 1. The van der Waals surface area contributed by atoms with Gasteiger partial charge in [-0.1, -0.05) is 29.8 Å². The Labute approximate surface area is 143 Å². The first-order valence-electron chi connectivity index (χ1n) is 6.83. The topological polar surface area (TPSA) is 9.23 Å². The Morgan fingerprint density at radius 2 is 1.64 bits per heavy atom. The fourth-order valence-corrected chi connectivity index (χ4v) is 4.06. The second-order valence-corrected chi connectivity index (χ2v) is 7.39. The molecule has 1 aliphatic rings. The van der Waals surface area contributed by atoms with Gasteiger partial charge >= 0.3 is 0 Å². The van der Waals surface area contributed by atoms with E-state index in [1.807, 2.05) is 24.3 Å². The van der Waals surface area contributed by atoms with Gasteiger partial charge in [0.25, 0.3) is 0 Å². The maximum atomic E-state index is 13.7. The zero-order valence-corrected chi connectivity index (χ0v) is 14.3. The van der Waals surface area contributed by atoms with Crippen molar-refractivity contribution in [3.8, 4) is 5.75 Å². The molecule has 1 aliphatic carbocycles. The number of aryl methyl sites for hydroxylation is 1. The van der Waals surface area contributed by atoms with Gasteiger partial charge in [-0.25, -0.2) is 4.39 Å². The van der Waals surface area contributed by atoms with E-state index in [-0.39, 0.29) is 16.9 Å². The van der Waals surface area contributed by atoms with Gasteiger partial charge in [0.2, 0.25) is 0 Å². The minimum absolute atomic E-state index is 0.0531. The Kier molecular flexibility index (Phi) is 4.05. The van der Waals surface area contributed by atoms with Crippen molar-refractivity contribution < 1.29 is 9.13 Å². The summed E-state index contributed by atoms with van der Waals surface area (Å²) in [7, 11) is 1.62. The summed E-state index contributed by atoms with van der Waals surface area (Å²) in [6.07, 6.45) is 0. The van der Waals surface area contributed by atoms with Crippen molar-refractivity contribution in [3.63, 3.8) is 0 Å². The molecule has 0 radical (unpaired) electrons. The average Bonchev–Trinajstić information content (AvgIpc) is 3.07. The monoisotopic (exact) mass is 358 g/mol. The summed E-state index contributed by atoms with van der Waals surface area (Å²) >= 11 is 18.9. The third kappa shape index (κ3) is 2.58. The highest BCUT2D eigenvalue weighted by Crippen LogP contribution is 2.70. The summed E-state index contributed by atoms with van der Waals surface area (Å²) < 4.78 is 17.9. The predicted octanol–water partition coefficient (Wildman–Crippen LogP) is 5.85. The van der Waals surface area contributed by atoms with Gasteiger partial charge in [-0.3, -0.25) is 0 Å². The van der Waals surface area contributed by atoms with Gasteiger partial charge in [0.1, 0.15) is 15.9 Å². The lowest BCUT2D eigenvalue weighted by molar-refractivity contribution is 0.414. The van der Waals surface area contributed by atoms with E-state index in [1.165, 1.54) is 0 Å². The molecule has 2 aromatic carbocycles. The number of benzene rings is 2. The van der Waals surface area contributed by atoms with Crippen LogP contribution >= 0.6 is 34.8 Å². The van der Waals surface area contributed by atoms with Crippen LogP contribution in [0.15, 0.2) is 36.4 Å². The highest BCUT2D eigenvalue weighted by Gasteiger charge is 2.64. The van der Waals surface area contributed by atoms with Gasteiger partial charge in [-0.2, -0.15) is 0 Å². The lowest BCUT2D eigenvalue weighted by Gasteiger charge is -2.06. The molecule has 0 spiro atoms. The number of rotatable bonds is 3. The first-order valence-corrected chi connectivity index (χ1v) is 7.97. The zero-order valence-electron chi connectivity index (χ0n) is 12.0. The molecule has 2 unspecified atom stereocenters. The van der Waals surface area contributed by atoms with Crippen molar-refractivity contribution in [1.82, 2.24) is 0 Å². The summed E-state index contributed by atoms with van der Waals surface area (Å²) in [6, 6.07) is 11.0. The lowest BCUT2D eigenvalue weighted by atomic mass is 10.0. The first-order chi connectivity index (χ1) is 10.4. The van der Waals surface area contributed by atoms with E-state index >= 15 is 0 Å². The molecular weight excluding hydrogens is 346 g/mol. The van der Waals surface area contributed by atoms with Crippen LogP contribution in [0.4, 0.5) is 4.39 Å². The minimum atomic E-state index is -0.914. The van der Waals surface area contributed by atoms with Crippen LogP contribution in [0, 0.1) is 12.7 Å². The van der Waals surface area contributed by atoms with Gasteiger partial charge in [-0.15, -0.1) is 23.2 Å². The normalized spacial score (nSPS) is 22.5. The van der Waals surface area contributed by atoms with E-state index in [1.54, 1.807) is 26.2 Å². The van der Waals surface area contributed by atoms with Gasteiger partial charge in [0, 0.05) is 11.8 Å². The summed E-state index contributed by atoms with van der Waals surface area (Å²) in [4.78, 5) is 0. The second kappa shape index (κ2) is 5.59. The molecule has 0 heterocycles. The molecule has 0 aromatic heterocycles. The number of methoxy groups -OCH3 is 1. The molecule has 2 atom stereocenters. The van der Waals surface area contributed by atoms with E-state index in [9.17, 15) is 4.39 Å². The molecule has 116 valence electrons. The smallest absolute Gasteiger partial charge is 0.144 e. The van der Waals surface area contributed by atoms with E-state index in [4.69, 9.17) is 39.5 Å². The molecule has 2 aromatic rings. The minimum Gasteiger partial charge on any atom is -0.497 e. The standard InChI is InChI=1S/C17H14Cl3FO/c1-9-7-11(8-13(18)16(9)21)15-14(17(15,19)20)10-3-5-12(22-2)6-4-10/h3-8,14-15H,1-2H3. The first kappa shape index (κ1) is 15.9. The van der Waals surface area contributed by atoms with Gasteiger partial charge in [0.15, 0.2) is 0 Å². The van der Waals surface area contributed by atoms with Crippen molar-refractivity contribution in [2.24, 2.45) is 0 Å². The Hall–Kier alpha value is -0.960. The molecule has 0 amide bonds. The molecule has 5 heteroatoms. The maximum absolute atomic E-state index is 13.7. The van der Waals surface area contributed by atoms with Crippen molar-refractivity contribution in [2.75, 3.05) is 7.11 Å². The number of alkyl halides is 2. The van der Waals surface area contributed by atoms with Crippen LogP contribution in [0.5, 0.6) is 5.75 Å². The molecule has 3 rings (SSSR count). The van der Waals surface area contributed by atoms with Crippen LogP contribution in [0.3, 0.4) is 0 Å². The number of hydrogen-bond acceptors (Lipinski definition) is 1. The summed E-state index contributed by atoms with van der Waals surface area (Å²) in [5.74, 6) is 0.210. The number of halogens is 4. The Morgan fingerprint density at radius 1 is 1.05 bits per heavy atom. The third-order valence-corrected chi connectivity index (χ3v) is 5.34. The quantitative estimate of drug-likeness (QED) is 0.624. The van der Waals surface area contributed by atoms with E-state index in [0.29, 0.717) is 5.56 Å². The SMILES string of the molecule is COc1ccc(C2C(c3cc(C)c(F)c(Cl)c3)C2(Cl)Cl)cc1. The molecule has 1 nitrogen and oxygen atoms in total. The van der Waals surface area contributed by atoms with E-state index in [2.05, 4.69) is 0 Å². The summed E-state index contributed by atoms with van der Waals surface area (Å²) in [6.45, 7) is 1.68. The fraction of sp³-hybridized carbons (Fsp3) is 0.294. The van der Waals surface area contributed by atoms with Crippen LogP contribution in [0.1, 0.15) is 28.5 Å². The lowest BCUT2D eigenvalue weighted by Crippen LogP contribution is -1.93. The third-order valence-electron chi connectivity index (χ3n) is 4.12. The Bertz CT molecular complexity index is 689. The van der Waals surface area contributed by atoms with Gasteiger partial charge < -0.3 is 4.74 Å². The zero-order chi connectivity index (χ0) is 16.1. The highest BCUT2D eigenvalue weighted by molar-refractivity contribution is 6.52. The molecule has 1 saturated carbocycles. The van der Waals surface area contributed by atoms with Gasteiger partial charge in [0.05, 0.1) is 12.1 Å². The number of hydrogen-bond donors (Lipinski definition) is 0. The van der Waals surface area contributed by atoms with Crippen molar-refractivity contribution >= 4 is 34.8 Å². The van der Waals surface area contributed by atoms with Crippen molar-refractivity contribution in [3.05, 3.63) is 63.9 Å². The van der Waals surface area contributed by atoms with E-state index in [0.717, 1.165) is 16.9 Å². The second-order valence-electron chi connectivity index (χ2n) is 5.54. The van der Waals surface area contributed by atoms with Crippen LogP contribution in [0.25, 0.3) is 0 Å². The van der Waals surface area contributed by atoms with Crippen LogP contribution < -0.4 is 4.74 Å². The molecule has 1 fully saturated rings. The average molecular weight is 360 g/mol.